The molecule has 3 N–H and O–H groups in total. The predicted octanol–water partition coefficient (Wildman–Crippen LogP) is 2.86. The smallest absolute Gasteiger partial charge is 0.254 e. The van der Waals surface area contributed by atoms with E-state index >= 15 is 0 Å². The van der Waals surface area contributed by atoms with Crippen LogP contribution in [0.1, 0.15) is 54.6 Å². The maximum absolute atomic E-state index is 11.8. The molecule has 1 aromatic rings. The quantitative estimate of drug-likeness (QED) is 0.790. The number of carbonyl (C=O) groups is 1. The van der Waals surface area contributed by atoms with Gasteiger partial charge < -0.3 is 15.5 Å². The second-order valence-electron chi connectivity index (χ2n) is 5.05. The third-order valence-electron chi connectivity index (χ3n) is 3.67. The summed E-state index contributed by atoms with van der Waals surface area (Å²) in [6.45, 7) is 1.08. The van der Waals surface area contributed by atoms with E-state index in [9.17, 15) is 4.79 Å². The molecule has 0 aliphatic heterocycles. The van der Waals surface area contributed by atoms with Gasteiger partial charge in [-0.1, -0.05) is 25.7 Å². The maximum atomic E-state index is 11.8. The highest BCUT2D eigenvalue weighted by molar-refractivity contribution is 5.93. The van der Waals surface area contributed by atoms with Crippen LogP contribution in [0.3, 0.4) is 0 Å². The van der Waals surface area contributed by atoms with E-state index in [4.69, 9.17) is 10.2 Å². The highest BCUT2D eigenvalue weighted by atomic mass is 35.5. The van der Waals surface area contributed by atoms with Crippen LogP contribution in [-0.4, -0.2) is 12.5 Å². The van der Waals surface area contributed by atoms with Crippen molar-refractivity contribution >= 4 is 18.3 Å². The highest BCUT2D eigenvalue weighted by Gasteiger charge is 2.14. The number of halogens is 1. The zero-order valence-corrected chi connectivity index (χ0v) is 12.0. The molecule has 5 heteroatoms. The molecule has 4 nitrogen and oxygen atoms in total. The van der Waals surface area contributed by atoms with Crippen LogP contribution in [0.25, 0.3) is 0 Å². The van der Waals surface area contributed by atoms with Gasteiger partial charge in [-0.2, -0.15) is 0 Å². The Morgan fingerprint density at radius 3 is 2.79 bits per heavy atom. The second-order valence-corrected chi connectivity index (χ2v) is 5.05. The Morgan fingerprint density at radius 1 is 1.42 bits per heavy atom. The second kappa shape index (κ2) is 8.23. The molecule has 1 aliphatic rings. The van der Waals surface area contributed by atoms with Gasteiger partial charge in [0, 0.05) is 6.54 Å². The molecule has 1 saturated carbocycles. The summed E-state index contributed by atoms with van der Waals surface area (Å²) in [5.74, 6) is 1.47. The van der Waals surface area contributed by atoms with Gasteiger partial charge in [0.2, 0.25) is 0 Å². The summed E-state index contributed by atoms with van der Waals surface area (Å²) in [5, 5.41) is 2.92. The number of hydrogen-bond acceptors (Lipinski definition) is 3. The van der Waals surface area contributed by atoms with Gasteiger partial charge in [-0.25, -0.2) is 0 Å². The fraction of sp³-hybridized carbons (Fsp3) is 0.643. The molecule has 0 bridgehead atoms. The Hall–Kier alpha value is -1.00. The van der Waals surface area contributed by atoms with Crippen molar-refractivity contribution in [2.45, 2.75) is 45.1 Å². The predicted molar refractivity (Wildman–Crippen MR) is 77.4 cm³/mol. The Kier molecular flexibility index (Phi) is 6.95. The summed E-state index contributed by atoms with van der Waals surface area (Å²) in [5.41, 5.74) is 6.00. The molecule has 1 heterocycles. The van der Waals surface area contributed by atoms with Gasteiger partial charge in [-0.15, -0.1) is 12.4 Å². The number of furan rings is 1. The number of carbonyl (C=O) groups excluding carboxylic acids is 1. The van der Waals surface area contributed by atoms with E-state index in [1.165, 1.54) is 38.4 Å². The molecule has 0 aromatic carbocycles. The first kappa shape index (κ1) is 16.1. The standard InChI is InChI=1S/C14H22N2O2.ClH/c15-9-13-8-12(10-18-13)14(17)16-7-3-6-11-4-1-2-5-11;/h8,10-11H,1-7,9,15H2,(H,16,17);1H. The molecule has 2 rings (SSSR count). The van der Waals surface area contributed by atoms with E-state index in [2.05, 4.69) is 5.32 Å². The molecule has 108 valence electrons. The van der Waals surface area contributed by atoms with Crippen LogP contribution in [0.4, 0.5) is 0 Å². The van der Waals surface area contributed by atoms with Crippen LogP contribution in [-0.2, 0) is 6.54 Å². The molecule has 0 atom stereocenters. The van der Waals surface area contributed by atoms with Crippen molar-refractivity contribution in [3.8, 4) is 0 Å². The van der Waals surface area contributed by atoms with Gasteiger partial charge in [0.15, 0.2) is 0 Å². The van der Waals surface area contributed by atoms with Crippen LogP contribution in [0.2, 0.25) is 0 Å². The molecular weight excluding hydrogens is 264 g/mol. The lowest BCUT2D eigenvalue weighted by molar-refractivity contribution is 0.0952. The van der Waals surface area contributed by atoms with Crippen LogP contribution in [0, 0.1) is 5.92 Å². The van der Waals surface area contributed by atoms with Crippen LogP contribution in [0.15, 0.2) is 16.7 Å². The Morgan fingerprint density at radius 2 is 2.16 bits per heavy atom. The van der Waals surface area contributed by atoms with Crippen LogP contribution in [0.5, 0.6) is 0 Å². The molecule has 19 heavy (non-hydrogen) atoms. The average Bonchev–Trinajstić information content (AvgIpc) is 3.05. The van der Waals surface area contributed by atoms with Gasteiger partial charge in [-0.3, -0.25) is 4.79 Å². The first-order valence-electron chi connectivity index (χ1n) is 6.85. The Balaban J connectivity index is 0.00000180. The molecule has 0 radical (unpaired) electrons. The summed E-state index contributed by atoms with van der Waals surface area (Å²) >= 11 is 0. The summed E-state index contributed by atoms with van der Waals surface area (Å²) in [6.07, 6.45) is 9.28. The van der Waals surface area contributed by atoms with Crippen molar-refractivity contribution < 1.29 is 9.21 Å². The molecule has 1 amide bonds. The van der Waals surface area contributed by atoms with Crippen molar-refractivity contribution in [1.82, 2.24) is 5.32 Å². The monoisotopic (exact) mass is 286 g/mol. The van der Waals surface area contributed by atoms with Crippen molar-refractivity contribution in [3.63, 3.8) is 0 Å². The number of hydrogen-bond donors (Lipinski definition) is 2. The summed E-state index contributed by atoms with van der Waals surface area (Å²) in [4.78, 5) is 11.8. The van der Waals surface area contributed by atoms with Gasteiger partial charge in [-0.05, 0) is 24.8 Å². The molecule has 0 unspecified atom stereocenters. The minimum atomic E-state index is -0.0649. The summed E-state index contributed by atoms with van der Waals surface area (Å²) in [7, 11) is 0. The van der Waals surface area contributed by atoms with E-state index in [-0.39, 0.29) is 18.3 Å². The molecule has 0 saturated heterocycles. The van der Waals surface area contributed by atoms with Gasteiger partial charge in [0.25, 0.3) is 5.91 Å². The van der Waals surface area contributed by atoms with Crippen LogP contribution >= 0.6 is 12.4 Å². The van der Waals surface area contributed by atoms with Crippen molar-refractivity contribution in [3.05, 3.63) is 23.7 Å². The van der Waals surface area contributed by atoms with E-state index in [0.717, 1.165) is 18.9 Å². The van der Waals surface area contributed by atoms with Gasteiger partial charge in [0.1, 0.15) is 12.0 Å². The molecule has 1 aliphatic carbocycles. The molecular formula is C14H23ClN2O2. The summed E-state index contributed by atoms with van der Waals surface area (Å²) < 4.78 is 5.14. The molecule has 1 fully saturated rings. The molecule has 0 spiro atoms. The maximum Gasteiger partial charge on any atom is 0.254 e. The Bertz CT molecular complexity index is 387. The fourth-order valence-corrected chi connectivity index (χ4v) is 2.60. The lowest BCUT2D eigenvalue weighted by Crippen LogP contribution is -2.24. The van der Waals surface area contributed by atoms with Crippen molar-refractivity contribution in [2.24, 2.45) is 11.7 Å². The zero-order valence-electron chi connectivity index (χ0n) is 11.2. The largest absolute Gasteiger partial charge is 0.467 e. The topological polar surface area (TPSA) is 68.3 Å². The zero-order chi connectivity index (χ0) is 12.8. The first-order chi connectivity index (χ1) is 8.79. The van der Waals surface area contributed by atoms with E-state index in [1.807, 2.05) is 0 Å². The minimum Gasteiger partial charge on any atom is -0.467 e. The van der Waals surface area contributed by atoms with Crippen LogP contribution < -0.4 is 11.1 Å². The lowest BCUT2D eigenvalue weighted by Gasteiger charge is -2.08. The third-order valence-corrected chi connectivity index (χ3v) is 3.67. The summed E-state index contributed by atoms with van der Waals surface area (Å²) in [6, 6.07) is 1.70. The third kappa shape index (κ3) is 4.88. The van der Waals surface area contributed by atoms with Crippen molar-refractivity contribution in [2.75, 3.05) is 6.54 Å². The number of amides is 1. The van der Waals surface area contributed by atoms with E-state index < -0.39 is 0 Å². The SMILES string of the molecule is Cl.NCc1cc(C(=O)NCCCC2CCCC2)co1. The Labute approximate surface area is 120 Å². The van der Waals surface area contributed by atoms with E-state index in [1.54, 1.807) is 6.07 Å². The number of rotatable bonds is 6. The fourth-order valence-electron chi connectivity index (χ4n) is 2.60. The lowest BCUT2D eigenvalue weighted by atomic mass is 10.0. The van der Waals surface area contributed by atoms with Gasteiger partial charge >= 0.3 is 0 Å². The first-order valence-corrected chi connectivity index (χ1v) is 6.85. The average molecular weight is 287 g/mol. The molecule has 1 aromatic heterocycles. The highest BCUT2D eigenvalue weighted by Crippen LogP contribution is 2.28. The number of nitrogens with two attached hydrogens (primary N) is 1. The number of nitrogens with one attached hydrogen (secondary N) is 1. The van der Waals surface area contributed by atoms with Gasteiger partial charge in [0.05, 0.1) is 12.1 Å². The minimum absolute atomic E-state index is 0. The normalized spacial score (nSPS) is 15.2. The van der Waals surface area contributed by atoms with E-state index in [0.29, 0.717) is 17.9 Å². The van der Waals surface area contributed by atoms with Crippen molar-refractivity contribution in [1.29, 1.82) is 0 Å².